The normalized spacial score (nSPS) is 16.1. The van der Waals surface area contributed by atoms with Gasteiger partial charge in [-0.2, -0.15) is 0 Å². The molecule has 4 amide bonds. The van der Waals surface area contributed by atoms with Crippen LogP contribution in [0.2, 0.25) is 0 Å². The number of sulfone groups is 1. The van der Waals surface area contributed by atoms with E-state index in [1.54, 1.807) is 37.9 Å². The number of nitrogens with zero attached hydrogens (tertiary/aromatic N) is 5. The van der Waals surface area contributed by atoms with Gasteiger partial charge in [0.05, 0.1) is 52.1 Å². The van der Waals surface area contributed by atoms with E-state index in [0.29, 0.717) is 57.5 Å². The van der Waals surface area contributed by atoms with Gasteiger partial charge >= 0.3 is 6.16 Å². The van der Waals surface area contributed by atoms with Crippen LogP contribution in [-0.2, 0) is 68.5 Å². The topological polar surface area (TPSA) is 278 Å². The molecule has 5 unspecified atom stereocenters. The molecule has 2 aliphatic rings. The Morgan fingerprint density at radius 1 is 0.910 bits per heavy atom. The van der Waals surface area contributed by atoms with Crippen LogP contribution >= 0.6 is 22.1 Å². The number of carbonyl (C=O) groups is 5. The molecule has 0 spiro atoms. The third kappa shape index (κ3) is 17.4. The van der Waals surface area contributed by atoms with Gasteiger partial charge in [0, 0.05) is 86.0 Å². The third-order valence-electron chi connectivity index (χ3n) is 15.8. The van der Waals surface area contributed by atoms with Gasteiger partial charge in [-0.1, -0.05) is 83.6 Å². The molecular weight excluding hydrogens is 1230 g/mol. The first-order valence-corrected chi connectivity index (χ1v) is 35.7. The number of hydrogen-bond donors (Lipinski definition) is 4. The second-order valence-electron chi connectivity index (χ2n) is 24.1. The zero-order chi connectivity index (χ0) is 64.7. The number of aromatic amines is 1. The molecule has 6 aromatic rings. The van der Waals surface area contributed by atoms with Crippen LogP contribution in [0.15, 0.2) is 71.4 Å². The van der Waals surface area contributed by atoms with E-state index in [4.69, 9.17) is 9.47 Å². The molecule has 1 saturated heterocycles. The molecule has 27 heteroatoms. The third-order valence-corrected chi connectivity index (χ3v) is 20.6. The van der Waals surface area contributed by atoms with Gasteiger partial charge in [0.25, 0.3) is 11.5 Å². The maximum atomic E-state index is 15.6. The highest BCUT2D eigenvalue weighted by atomic mass is 33.1. The number of halogens is 2. The van der Waals surface area contributed by atoms with Crippen molar-refractivity contribution in [2.75, 3.05) is 30.5 Å². The number of aromatic nitrogens is 4. The fourth-order valence-corrected chi connectivity index (χ4v) is 15.6. The number of thiazole rings is 1. The second kappa shape index (κ2) is 28.7. The molecule has 6 heterocycles. The molecule has 0 radical (unpaired) electrons. The van der Waals surface area contributed by atoms with E-state index in [1.807, 2.05) is 52.0 Å². The molecule has 21 nitrogen and oxygen atoms in total. The minimum Gasteiger partial charge on any atom is -0.430 e. The van der Waals surface area contributed by atoms with Crippen LogP contribution in [0.25, 0.3) is 32.5 Å². The molecule has 5 atom stereocenters. The lowest BCUT2D eigenvalue weighted by Gasteiger charge is -2.35. The van der Waals surface area contributed by atoms with Gasteiger partial charge in [-0.3, -0.25) is 24.0 Å². The number of pyridine rings is 2. The zero-order valence-electron chi connectivity index (χ0n) is 51.4. The molecule has 2 aliphatic heterocycles. The fourth-order valence-electron chi connectivity index (χ4n) is 11.1. The largest absolute Gasteiger partial charge is 0.508 e. The Labute approximate surface area is 524 Å². The molecule has 1 fully saturated rings. The van der Waals surface area contributed by atoms with Crippen molar-refractivity contribution in [3.63, 3.8) is 0 Å². The summed E-state index contributed by atoms with van der Waals surface area (Å²) in [5.41, 5.74) is 5.75. The Bertz CT molecular complexity index is 3910. The molecule has 480 valence electrons. The van der Waals surface area contributed by atoms with E-state index in [-0.39, 0.29) is 72.9 Å². The summed E-state index contributed by atoms with van der Waals surface area (Å²) < 4.78 is 91.7. The van der Waals surface area contributed by atoms with Crippen LogP contribution in [0.1, 0.15) is 132 Å². The number of ether oxygens (including phenoxy) is 2. The second-order valence-corrected chi connectivity index (χ2v) is 31.8. The molecule has 0 bridgehead atoms. The van der Waals surface area contributed by atoms with Crippen molar-refractivity contribution in [3.05, 3.63) is 117 Å². The number of nitrogens with one attached hydrogen (secondary N) is 4. The predicted molar refractivity (Wildman–Crippen MR) is 340 cm³/mol. The number of carbonyl (C=O) groups excluding carboxylic acids is 5. The molecule has 4 N–H and O–H groups in total. The van der Waals surface area contributed by atoms with Crippen molar-refractivity contribution >= 4 is 93.0 Å². The van der Waals surface area contributed by atoms with Crippen LogP contribution in [-0.4, -0.2) is 126 Å². The number of anilines is 2. The number of hydrogen-bond acceptors (Lipinski definition) is 17. The smallest absolute Gasteiger partial charge is 0.430 e. The minimum absolute atomic E-state index is 0.0240. The summed E-state index contributed by atoms with van der Waals surface area (Å²) >= 11 is 1.53. The number of benzene rings is 2. The summed E-state index contributed by atoms with van der Waals surface area (Å²) in [5, 5.41) is 8.73. The lowest BCUT2D eigenvalue weighted by atomic mass is 9.85. The van der Waals surface area contributed by atoms with Gasteiger partial charge in [-0.25, -0.2) is 40.4 Å². The SMILES string of the molecule is Cc1ncsc1-c1ccc(CNC(=O)C2CC(OC(=O)OC(C)C(C)SS(C)(=O)=O)CN2C(=O)C(NC(=O)CCCCCCCCCCNC(=O)c2cc3c(cc2CS(C)(=O)=O)-c2cn(C)c(=O)c4[nH]cc(c24)CN3c2ncc(F)cc2F)C(C)(C)C)cc1. The van der Waals surface area contributed by atoms with Gasteiger partial charge in [0.2, 0.25) is 17.7 Å². The highest BCUT2D eigenvalue weighted by Crippen LogP contribution is 2.45. The first-order valence-electron chi connectivity index (χ1n) is 29.5. The fraction of sp³-hybridized carbons (Fsp3) is 0.484. The van der Waals surface area contributed by atoms with Gasteiger partial charge in [-0.05, 0) is 84.2 Å². The van der Waals surface area contributed by atoms with Crippen LogP contribution in [0.4, 0.5) is 25.1 Å². The van der Waals surface area contributed by atoms with Crippen molar-refractivity contribution in [3.8, 4) is 21.6 Å². The molecular formula is C62H77F2N9O12S4. The number of fused-ring (bicyclic) bond motifs is 2. The van der Waals surface area contributed by atoms with Gasteiger partial charge in [0.1, 0.15) is 35.6 Å². The number of aryl methyl sites for hydroxylation is 2. The van der Waals surface area contributed by atoms with Crippen molar-refractivity contribution < 1.29 is 59.1 Å². The Hall–Kier alpha value is -7.23. The molecule has 2 aromatic carbocycles. The number of H-pyrrole nitrogens is 1. The average molecular weight is 1310 g/mol. The maximum Gasteiger partial charge on any atom is 0.508 e. The first kappa shape index (κ1) is 67.7. The minimum atomic E-state index is -3.70. The van der Waals surface area contributed by atoms with Crippen LogP contribution in [0.3, 0.4) is 0 Å². The number of unbranched alkanes of at least 4 members (excludes halogenated alkanes) is 7. The van der Waals surface area contributed by atoms with Crippen molar-refractivity contribution in [1.82, 2.24) is 40.4 Å². The van der Waals surface area contributed by atoms with E-state index in [2.05, 4.69) is 30.9 Å². The Balaban J connectivity index is 0.826. The monoisotopic (exact) mass is 1310 g/mol. The molecule has 0 aliphatic carbocycles. The van der Waals surface area contributed by atoms with Crippen LogP contribution in [0.5, 0.6) is 0 Å². The highest BCUT2D eigenvalue weighted by Gasteiger charge is 2.46. The van der Waals surface area contributed by atoms with Crippen molar-refractivity contribution in [2.24, 2.45) is 12.5 Å². The van der Waals surface area contributed by atoms with Gasteiger partial charge in [0.15, 0.2) is 30.3 Å². The summed E-state index contributed by atoms with van der Waals surface area (Å²) in [7, 11) is -4.92. The number of amides is 4. The summed E-state index contributed by atoms with van der Waals surface area (Å²) in [6, 6.07) is 9.33. The van der Waals surface area contributed by atoms with E-state index in [1.165, 1.54) is 38.7 Å². The van der Waals surface area contributed by atoms with Crippen molar-refractivity contribution in [1.29, 1.82) is 0 Å². The predicted octanol–water partition coefficient (Wildman–Crippen LogP) is 9.52. The number of rotatable bonds is 26. The van der Waals surface area contributed by atoms with Gasteiger partial charge < -0.3 is 44.8 Å². The molecule has 8 rings (SSSR count). The molecule has 4 aromatic heterocycles. The molecule has 89 heavy (non-hydrogen) atoms. The lowest BCUT2D eigenvalue weighted by Crippen LogP contribution is -2.57. The summed E-state index contributed by atoms with van der Waals surface area (Å²) in [4.78, 5) is 97.9. The molecule has 0 saturated carbocycles. The summed E-state index contributed by atoms with van der Waals surface area (Å²) in [6.07, 6.45) is 9.60. The van der Waals surface area contributed by atoms with E-state index < -0.39 is 94.9 Å². The van der Waals surface area contributed by atoms with E-state index in [9.17, 15) is 50.0 Å². The van der Waals surface area contributed by atoms with Crippen LogP contribution in [0, 0.1) is 24.0 Å². The average Bonchev–Trinajstić information content (AvgIpc) is 1.71. The Kier molecular flexibility index (Phi) is 21.8. The van der Waals surface area contributed by atoms with E-state index in [0.717, 1.165) is 78.9 Å². The van der Waals surface area contributed by atoms with Crippen molar-refractivity contribution in [2.45, 2.75) is 154 Å². The standard InChI is InChI=1S/C62H77F2N9O12S4/c1-36-54(86-35-69-36)40-21-19-39(20-22-40)28-68-58(76)50-26-44(85-61(79)84-37(2)38(3)87-89(9,82)83)32-73(50)60(78)55(62(4,5)6)70-51(74)18-16-14-12-10-11-13-15-17-23-65-57(75)45-27-49-46(24-41(45)34-88(8,80)81)47-33-71(7)59(77)53-52(47)42(29-66-53)31-72(49)56-48(64)25-43(63)30-67-56/h19-22,24-25,27,29-30,33,35,37-38,44,50,55,66H,10-18,23,26,28,31-32,34H2,1-9H3,(H,65,75)(H,68,76)(H,70,74). The highest BCUT2D eigenvalue weighted by molar-refractivity contribution is 8.72. The van der Waals surface area contributed by atoms with E-state index >= 15 is 4.39 Å². The number of likely N-dealkylation sites (tertiary alicyclic amines) is 1. The quantitative estimate of drug-likeness (QED) is 0.0223. The zero-order valence-corrected chi connectivity index (χ0v) is 54.6. The summed E-state index contributed by atoms with van der Waals surface area (Å²) in [6.45, 7) is 10.7. The van der Waals surface area contributed by atoms with Gasteiger partial charge in [-0.15, -0.1) is 11.3 Å². The summed E-state index contributed by atoms with van der Waals surface area (Å²) in [5.74, 6) is -4.47. The van der Waals surface area contributed by atoms with Crippen LogP contribution < -0.4 is 26.4 Å². The first-order chi connectivity index (χ1) is 42.0. The Morgan fingerprint density at radius 2 is 1.60 bits per heavy atom. The maximum absolute atomic E-state index is 15.6. The Morgan fingerprint density at radius 3 is 2.24 bits per heavy atom. The lowest BCUT2D eigenvalue weighted by molar-refractivity contribution is -0.144.